The topological polar surface area (TPSA) is 120 Å². The molecule has 0 aromatic heterocycles. The van der Waals surface area contributed by atoms with Crippen LogP contribution in [0.1, 0.15) is 30.1 Å². The first-order chi connectivity index (χ1) is 12.4. The number of nitro groups is 1. The van der Waals surface area contributed by atoms with E-state index in [1.165, 1.54) is 19.2 Å². The van der Waals surface area contributed by atoms with Crippen LogP contribution in [-0.2, 0) is 14.3 Å². The fourth-order valence-electron chi connectivity index (χ4n) is 2.47. The Morgan fingerprint density at radius 3 is 2.73 bits per heavy atom. The van der Waals surface area contributed by atoms with Gasteiger partial charge in [-0.15, -0.1) is 0 Å². The Balaban J connectivity index is 1.93. The van der Waals surface area contributed by atoms with Gasteiger partial charge in [-0.05, 0) is 37.8 Å². The van der Waals surface area contributed by atoms with Crippen LogP contribution in [0.5, 0.6) is 0 Å². The van der Waals surface area contributed by atoms with Gasteiger partial charge < -0.3 is 20.1 Å². The van der Waals surface area contributed by atoms with Crippen molar-refractivity contribution in [2.75, 3.05) is 32.2 Å². The van der Waals surface area contributed by atoms with Crippen LogP contribution in [0.25, 0.3) is 0 Å². The minimum absolute atomic E-state index is 0.0111. The van der Waals surface area contributed by atoms with Gasteiger partial charge in [-0.3, -0.25) is 14.9 Å². The Morgan fingerprint density at radius 1 is 1.38 bits per heavy atom. The molecule has 26 heavy (non-hydrogen) atoms. The third-order valence-electron chi connectivity index (χ3n) is 4.10. The fourth-order valence-corrected chi connectivity index (χ4v) is 2.47. The molecule has 2 rings (SSSR count). The molecule has 1 atom stereocenters. The van der Waals surface area contributed by atoms with E-state index in [0.29, 0.717) is 19.1 Å². The highest BCUT2D eigenvalue weighted by atomic mass is 16.6. The molecule has 1 saturated carbocycles. The third-order valence-corrected chi connectivity index (χ3v) is 4.10. The predicted octanol–water partition coefficient (Wildman–Crippen LogP) is 1.72. The largest absolute Gasteiger partial charge is 0.452 e. The molecule has 9 heteroatoms. The minimum Gasteiger partial charge on any atom is -0.452 e. The summed E-state index contributed by atoms with van der Waals surface area (Å²) in [4.78, 5) is 34.5. The molecule has 0 unspecified atom stereocenters. The summed E-state index contributed by atoms with van der Waals surface area (Å²) in [6.07, 6.45) is 2.19. The van der Waals surface area contributed by atoms with Gasteiger partial charge in [0.05, 0.1) is 17.1 Å². The molecule has 1 amide bonds. The number of carbonyl (C=O) groups is 2. The summed E-state index contributed by atoms with van der Waals surface area (Å²) in [7, 11) is 1.52. The van der Waals surface area contributed by atoms with Gasteiger partial charge in [-0.2, -0.15) is 0 Å². The summed E-state index contributed by atoms with van der Waals surface area (Å²) in [6, 6.07) is 4.02. The van der Waals surface area contributed by atoms with Crippen molar-refractivity contribution in [2.45, 2.75) is 25.8 Å². The Morgan fingerprint density at radius 2 is 2.12 bits per heavy atom. The monoisotopic (exact) mass is 365 g/mol. The second kappa shape index (κ2) is 9.14. The summed E-state index contributed by atoms with van der Waals surface area (Å²) in [5, 5.41) is 16.8. The SMILES string of the molecule is COCCNc1ccc(C(=O)OCC(=O)N[C@@H](C)C2CC2)cc1[N+](=O)[O-]. The summed E-state index contributed by atoms with van der Waals surface area (Å²) in [5.74, 6) is -0.675. The van der Waals surface area contributed by atoms with Crippen molar-refractivity contribution < 1.29 is 24.0 Å². The third kappa shape index (κ3) is 5.69. The molecule has 1 aromatic carbocycles. The highest BCUT2D eigenvalue weighted by Gasteiger charge is 2.29. The van der Waals surface area contributed by atoms with Gasteiger partial charge in [-0.25, -0.2) is 4.79 Å². The Bertz CT molecular complexity index is 674. The lowest BCUT2D eigenvalue weighted by atomic mass is 10.1. The van der Waals surface area contributed by atoms with E-state index in [9.17, 15) is 19.7 Å². The number of anilines is 1. The van der Waals surface area contributed by atoms with Crippen LogP contribution in [0.4, 0.5) is 11.4 Å². The molecule has 9 nitrogen and oxygen atoms in total. The zero-order chi connectivity index (χ0) is 19.1. The number of ether oxygens (including phenoxy) is 2. The maximum atomic E-state index is 12.1. The van der Waals surface area contributed by atoms with Crippen molar-refractivity contribution in [3.63, 3.8) is 0 Å². The first-order valence-corrected chi connectivity index (χ1v) is 8.40. The first-order valence-electron chi connectivity index (χ1n) is 8.40. The van der Waals surface area contributed by atoms with Gasteiger partial charge in [-0.1, -0.05) is 0 Å². The van der Waals surface area contributed by atoms with Crippen molar-refractivity contribution in [3.8, 4) is 0 Å². The number of hydrogen-bond acceptors (Lipinski definition) is 7. The van der Waals surface area contributed by atoms with Crippen molar-refractivity contribution in [3.05, 3.63) is 33.9 Å². The number of esters is 1. The Labute approximate surface area is 151 Å². The highest BCUT2D eigenvalue weighted by Crippen LogP contribution is 2.32. The number of benzene rings is 1. The standard InChI is InChI=1S/C17H23N3O6/c1-11(12-3-4-12)19-16(21)10-26-17(22)13-5-6-14(18-7-8-25-2)15(9-13)20(23)24/h5-6,9,11-12,18H,3-4,7-8,10H2,1-2H3,(H,19,21)/t11-/m0/s1. The number of rotatable bonds is 10. The average molecular weight is 365 g/mol. The maximum absolute atomic E-state index is 12.1. The fraction of sp³-hybridized carbons (Fsp3) is 0.529. The first kappa shape index (κ1) is 19.6. The van der Waals surface area contributed by atoms with E-state index in [1.807, 2.05) is 6.92 Å². The molecule has 0 bridgehead atoms. The van der Waals surface area contributed by atoms with Crippen molar-refractivity contribution >= 4 is 23.3 Å². The van der Waals surface area contributed by atoms with Crippen molar-refractivity contribution in [1.82, 2.24) is 5.32 Å². The molecular formula is C17H23N3O6. The van der Waals surface area contributed by atoms with Gasteiger partial charge in [0.1, 0.15) is 5.69 Å². The van der Waals surface area contributed by atoms with Gasteiger partial charge >= 0.3 is 5.97 Å². The molecule has 0 radical (unpaired) electrons. The second-order valence-corrected chi connectivity index (χ2v) is 6.18. The summed E-state index contributed by atoms with van der Waals surface area (Å²) in [6.45, 7) is 2.27. The van der Waals surface area contributed by atoms with Crippen LogP contribution in [0.3, 0.4) is 0 Å². The van der Waals surface area contributed by atoms with Crippen LogP contribution in [0.2, 0.25) is 0 Å². The molecular weight excluding hydrogens is 342 g/mol. The Hall–Kier alpha value is -2.68. The van der Waals surface area contributed by atoms with Gasteiger partial charge in [0.25, 0.3) is 11.6 Å². The number of carbonyl (C=O) groups excluding carboxylic acids is 2. The van der Waals surface area contributed by atoms with Crippen LogP contribution >= 0.6 is 0 Å². The molecule has 0 spiro atoms. The van der Waals surface area contributed by atoms with Crippen LogP contribution in [0, 0.1) is 16.0 Å². The van der Waals surface area contributed by atoms with Gasteiger partial charge in [0.2, 0.25) is 0 Å². The molecule has 1 aliphatic carbocycles. The smallest absolute Gasteiger partial charge is 0.338 e. The predicted molar refractivity (Wildman–Crippen MR) is 94.1 cm³/mol. The lowest BCUT2D eigenvalue weighted by Gasteiger charge is -2.13. The number of nitro benzene ring substituents is 1. The van der Waals surface area contributed by atoms with E-state index in [-0.39, 0.29) is 28.9 Å². The van der Waals surface area contributed by atoms with E-state index in [0.717, 1.165) is 18.9 Å². The molecule has 1 aromatic rings. The lowest BCUT2D eigenvalue weighted by molar-refractivity contribution is -0.384. The number of methoxy groups -OCH3 is 1. The van der Waals surface area contributed by atoms with Crippen molar-refractivity contribution in [2.24, 2.45) is 5.92 Å². The van der Waals surface area contributed by atoms with E-state index < -0.39 is 17.5 Å². The number of amides is 1. The number of nitrogens with zero attached hydrogens (tertiary/aromatic N) is 1. The molecule has 1 fully saturated rings. The second-order valence-electron chi connectivity index (χ2n) is 6.18. The van der Waals surface area contributed by atoms with Crippen molar-refractivity contribution in [1.29, 1.82) is 0 Å². The molecule has 1 aliphatic rings. The van der Waals surface area contributed by atoms with E-state index in [4.69, 9.17) is 9.47 Å². The highest BCUT2D eigenvalue weighted by molar-refractivity contribution is 5.93. The normalized spacial score (nSPS) is 14.4. The molecule has 0 aliphatic heterocycles. The number of nitrogens with one attached hydrogen (secondary N) is 2. The molecule has 142 valence electrons. The zero-order valence-electron chi connectivity index (χ0n) is 14.8. The molecule has 0 heterocycles. The summed E-state index contributed by atoms with van der Waals surface area (Å²) >= 11 is 0. The summed E-state index contributed by atoms with van der Waals surface area (Å²) < 4.78 is 9.83. The quantitative estimate of drug-likeness (QED) is 0.280. The van der Waals surface area contributed by atoms with E-state index in [1.54, 1.807) is 0 Å². The van der Waals surface area contributed by atoms with Crippen LogP contribution < -0.4 is 10.6 Å². The van der Waals surface area contributed by atoms with Crippen LogP contribution in [-0.4, -0.2) is 49.7 Å². The number of hydrogen-bond donors (Lipinski definition) is 2. The minimum atomic E-state index is -0.786. The average Bonchev–Trinajstić information content (AvgIpc) is 3.45. The maximum Gasteiger partial charge on any atom is 0.338 e. The summed E-state index contributed by atoms with van der Waals surface area (Å²) in [5.41, 5.74) is 0.0407. The van der Waals surface area contributed by atoms with Gasteiger partial charge in [0, 0.05) is 25.8 Å². The molecule has 2 N–H and O–H groups in total. The van der Waals surface area contributed by atoms with E-state index in [2.05, 4.69) is 10.6 Å². The van der Waals surface area contributed by atoms with Gasteiger partial charge in [0.15, 0.2) is 6.61 Å². The lowest BCUT2D eigenvalue weighted by Crippen LogP contribution is -2.37. The Kier molecular flexibility index (Phi) is 6.90. The van der Waals surface area contributed by atoms with E-state index >= 15 is 0 Å². The van der Waals surface area contributed by atoms with Crippen LogP contribution in [0.15, 0.2) is 18.2 Å². The zero-order valence-corrected chi connectivity index (χ0v) is 14.8. The molecule has 0 saturated heterocycles.